The summed E-state index contributed by atoms with van der Waals surface area (Å²) in [4.78, 5) is 20.4. The average molecular weight is 447 g/mol. The molecule has 1 fully saturated rings. The van der Waals surface area contributed by atoms with E-state index in [0.29, 0.717) is 56.5 Å². The highest BCUT2D eigenvalue weighted by molar-refractivity contribution is 5.71. The summed E-state index contributed by atoms with van der Waals surface area (Å²) >= 11 is 0. The maximum Gasteiger partial charge on any atom is 0.409 e. The van der Waals surface area contributed by atoms with Gasteiger partial charge in [0.15, 0.2) is 5.82 Å². The Balaban J connectivity index is 1.61. The van der Waals surface area contributed by atoms with E-state index < -0.39 is 6.43 Å². The lowest BCUT2D eigenvalue weighted by molar-refractivity contribution is 0.118. The summed E-state index contributed by atoms with van der Waals surface area (Å²) in [6.45, 7) is 4.50. The molecule has 1 saturated heterocycles. The van der Waals surface area contributed by atoms with Crippen LogP contribution in [0.3, 0.4) is 0 Å². The number of alkyl halides is 2. The minimum atomic E-state index is -2.59. The van der Waals surface area contributed by atoms with Crippen molar-refractivity contribution in [1.82, 2.24) is 19.7 Å². The number of methoxy groups -OCH3 is 1. The topological polar surface area (TPSA) is 72.7 Å². The van der Waals surface area contributed by atoms with Crippen molar-refractivity contribution in [2.75, 3.05) is 38.3 Å². The van der Waals surface area contributed by atoms with Crippen LogP contribution in [-0.2, 0) is 28.9 Å². The smallest absolute Gasteiger partial charge is 0.409 e. The highest BCUT2D eigenvalue weighted by Gasteiger charge is 2.35. The van der Waals surface area contributed by atoms with Gasteiger partial charge in [0.1, 0.15) is 0 Å². The van der Waals surface area contributed by atoms with Crippen LogP contribution in [0.4, 0.5) is 25.1 Å². The molecule has 3 aliphatic heterocycles. The third-order valence-electron chi connectivity index (χ3n) is 6.63. The molecular weight excluding hydrogens is 420 g/mol. The van der Waals surface area contributed by atoms with E-state index in [1.54, 1.807) is 17.9 Å². The average Bonchev–Trinajstić information content (AvgIpc) is 3.45. The van der Waals surface area contributed by atoms with Crippen LogP contribution in [0, 0.1) is 6.92 Å². The molecular formula is C22H27F2N5O3. The number of anilines is 2. The van der Waals surface area contributed by atoms with Crippen molar-refractivity contribution in [1.29, 1.82) is 0 Å². The molecule has 0 aromatic carbocycles. The molecule has 10 heteroatoms. The standard InChI is InChI=1S/C22H27F2N5O3/c1-13-15(20(23)24)10-19-17(25-13)4-3-7-28(19)21-16-11-27(22(30)31-2)8-5-18(16)29(26-21)14-6-9-32-12-14/h10,14,20H,3-9,11-12H2,1-2H3. The van der Waals surface area contributed by atoms with Crippen molar-refractivity contribution in [3.05, 3.63) is 34.3 Å². The molecule has 0 saturated carbocycles. The number of fused-ring (bicyclic) bond motifs is 2. The van der Waals surface area contributed by atoms with Crippen molar-refractivity contribution < 1.29 is 23.0 Å². The number of nitrogens with zero attached hydrogens (tertiary/aromatic N) is 5. The van der Waals surface area contributed by atoms with Crippen molar-refractivity contribution >= 4 is 17.6 Å². The molecule has 0 radical (unpaired) electrons. The molecule has 0 aliphatic carbocycles. The van der Waals surface area contributed by atoms with Crippen LogP contribution in [0.15, 0.2) is 6.07 Å². The fourth-order valence-corrected chi connectivity index (χ4v) is 4.99. The Hall–Kier alpha value is -2.75. The van der Waals surface area contributed by atoms with Gasteiger partial charge < -0.3 is 19.3 Å². The Morgan fingerprint density at radius 2 is 2.16 bits per heavy atom. The fraction of sp³-hybridized carbons (Fsp3) is 0.591. The Morgan fingerprint density at radius 1 is 1.31 bits per heavy atom. The molecule has 3 aliphatic rings. The van der Waals surface area contributed by atoms with E-state index >= 15 is 0 Å². The van der Waals surface area contributed by atoms with Gasteiger partial charge in [-0.05, 0) is 32.3 Å². The third-order valence-corrected chi connectivity index (χ3v) is 6.63. The van der Waals surface area contributed by atoms with Crippen LogP contribution in [0.1, 0.15) is 53.5 Å². The third kappa shape index (κ3) is 3.50. The number of rotatable bonds is 3. The zero-order valence-corrected chi connectivity index (χ0v) is 18.3. The van der Waals surface area contributed by atoms with Crippen LogP contribution < -0.4 is 4.90 Å². The molecule has 0 spiro atoms. The Kier molecular flexibility index (Phi) is 5.48. The van der Waals surface area contributed by atoms with Gasteiger partial charge in [-0.3, -0.25) is 9.67 Å². The Bertz CT molecular complexity index is 1040. The molecule has 8 nitrogen and oxygen atoms in total. The maximum atomic E-state index is 13.6. The van der Waals surface area contributed by atoms with Crippen molar-refractivity contribution in [3.8, 4) is 0 Å². The fourth-order valence-electron chi connectivity index (χ4n) is 4.99. The normalized spacial score (nSPS) is 20.5. The van der Waals surface area contributed by atoms with E-state index in [-0.39, 0.29) is 17.7 Å². The molecule has 1 amide bonds. The first kappa shape index (κ1) is 21.1. The lowest BCUT2D eigenvalue weighted by Gasteiger charge is -2.32. The van der Waals surface area contributed by atoms with Gasteiger partial charge in [0.05, 0.1) is 37.7 Å². The van der Waals surface area contributed by atoms with Crippen molar-refractivity contribution in [2.24, 2.45) is 0 Å². The number of hydrogen-bond donors (Lipinski definition) is 0. The van der Waals surface area contributed by atoms with Crippen LogP contribution in [0.25, 0.3) is 0 Å². The number of amides is 1. The largest absolute Gasteiger partial charge is 0.453 e. The van der Waals surface area contributed by atoms with Gasteiger partial charge >= 0.3 is 6.09 Å². The zero-order chi connectivity index (χ0) is 22.4. The predicted molar refractivity (Wildman–Crippen MR) is 112 cm³/mol. The molecule has 2 aromatic rings. The summed E-state index contributed by atoms with van der Waals surface area (Å²) < 4.78 is 39.8. The molecule has 2 aromatic heterocycles. The van der Waals surface area contributed by atoms with Gasteiger partial charge in [0.25, 0.3) is 6.43 Å². The summed E-state index contributed by atoms with van der Waals surface area (Å²) in [7, 11) is 1.37. The number of halogens is 2. The molecule has 5 rings (SSSR count). The number of pyridine rings is 1. The number of aromatic nitrogens is 3. The van der Waals surface area contributed by atoms with Gasteiger partial charge in [-0.2, -0.15) is 5.10 Å². The first-order chi connectivity index (χ1) is 15.5. The first-order valence-corrected chi connectivity index (χ1v) is 11.0. The maximum absolute atomic E-state index is 13.6. The molecule has 0 N–H and O–H groups in total. The van der Waals surface area contributed by atoms with E-state index in [1.165, 1.54) is 7.11 Å². The van der Waals surface area contributed by atoms with E-state index in [2.05, 4.69) is 4.98 Å². The van der Waals surface area contributed by atoms with E-state index in [9.17, 15) is 13.6 Å². The molecule has 1 atom stereocenters. The van der Waals surface area contributed by atoms with E-state index in [4.69, 9.17) is 14.6 Å². The Labute approximate surface area is 185 Å². The van der Waals surface area contributed by atoms with Gasteiger partial charge in [-0.25, -0.2) is 13.6 Å². The minimum absolute atomic E-state index is 0.0515. The van der Waals surface area contributed by atoms with Crippen molar-refractivity contribution in [3.63, 3.8) is 0 Å². The second kappa shape index (κ2) is 8.31. The van der Waals surface area contributed by atoms with Gasteiger partial charge in [-0.15, -0.1) is 0 Å². The van der Waals surface area contributed by atoms with Crippen LogP contribution >= 0.6 is 0 Å². The Morgan fingerprint density at radius 3 is 2.88 bits per heavy atom. The quantitative estimate of drug-likeness (QED) is 0.715. The second-order valence-electron chi connectivity index (χ2n) is 8.54. The molecule has 1 unspecified atom stereocenters. The van der Waals surface area contributed by atoms with Gasteiger partial charge in [-0.1, -0.05) is 0 Å². The number of carbonyl (C=O) groups excluding carboxylic acids is 1. The SMILES string of the molecule is COC(=O)N1CCc2c(c(N3CCCc4nc(C)c(C(F)F)cc43)nn2C2CCOC2)C1. The number of aryl methyl sites for hydroxylation is 2. The molecule has 5 heterocycles. The summed E-state index contributed by atoms with van der Waals surface area (Å²) in [5.41, 5.74) is 3.84. The predicted octanol–water partition coefficient (Wildman–Crippen LogP) is 3.69. The van der Waals surface area contributed by atoms with E-state index in [1.807, 2.05) is 9.58 Å². The van der Waals surface area contributed by atoms with E-state index in [0.717, 1.165) is 36.2 Å². The summed E-state index contributed by atoms with van der Waals surface area (Å²) in [5, 5.41) is 4.98. The lowest BCUT2D eigenvalue weighted by atomic mass is 10.0. The monoisotopic (exact) mass is 447 g/mol. The van der Waals surface area contributed by atoms with Crippen LogP contribution in [0.5, 0.6) is 0 Å². The molecule has 172 valence electrons. The minimum Gasteiger partial charge on any atom is -0.453 e. The molecule has 32 heavy (non-hydrogen) atoms. The number of ether oxygens (including phenoxy) is 2. The van der Waals surface area contributed by atoms with Crippen LogP contribution in [-0.4, -0.2) is 59.2 Å². The van der Waals surface area contributed by atoms with Crippen LogP contribution in [0.2, 0.25) is 0 Å². The second-order valence-corrected chi connectivity index (χ2v) is 8.54. The zero-order valence-electron chi connectivity index (χ0n) is 18.3. The summed E-state index contributed by atoms with van der Waals surface area (Å²) in [5.74, 6) is 0.715. The van der Waals surface area contributed by atoms with Crippen molar-refractivity contribution in [2.45, 2.75) is 51.6 Å². The lowest BCUT2D eigenvalue weighted by Crippen LogP contribution is -2.37. The summed E-state index contributed by atoms with van der Waals surface area (Å²) in [6, 6.07) is 1.70. The van der Waals surface area contributed by atoms with Gasteiger partial charge in [0.2, 0.25) is 0 Å². The highest BCUT2D eigenvalue weighted by atomic mass is 19.3. The number of hydrogen-bond acceptors (Lipinski definition) is 6. The summed E-state index contributed by atoms with van der Waals surface area (Å²) in [6.07, 6.45) is 0.152. The highest BCUT2D eigenvalue weighted by Crippen LogP contribution is 2.40. The molecule has 0 bridgehead atoms. The first-order valence-electron chi connectivity index (χ1n) is 11.0. The number of carbonyl (C=O) groups is 1. The van der Waals surface area contributed by atoms with Gasteiger partial charge in [0, 0.05) is 48.6 Å².